The lowest BCUT2D eigenvalue weighted by Gasteiger charge is -2.35. The van der Waals surface area contributed by atoms with Crippen molar-refractivity contribution in [1.82, 2.24) is 15.3 Å². The Balaban J connectivity index is 1.98. The molecule has 2 N–H and O–H groups in total. The van der Waals surface area contributed by atoms with E-state index in [9.17, 15) is 0 Å². The molecule has 96 valence electrons. The van der Waals surface area contributed by atoms with Gasteiger partial charge in [-0.3, -0.25) is 0 Å². The average molecular weight is 235 g/mol. The molecule has 1 aliphatic carbocycles. The lowest BCUT2D eigenvalue weighted by molar-refractivity contribution is 0.209. The van der Waals surface area contributed by atoms with Crippen molar-refractivity contribution >= 4 is 0 Å². The summed E-state index contributed by atoms with van der Waals surface area (Å²) in [5, 5.41) is 3.79. The first kappa shape index (κ1) is 12.6. The van der Waals surface area contributed by atoms with E-state index in [1.165, 1.54) is 19.3 Å². The highest BCUT2D eigenvalue weighted by Gasteiger charge is 2.27. The second-order valence-electron chi connectivity index (χ2n) is 5.60. The van der Waals surface area contributed by atoms with E-state index in [4.69, 9.17) is 0 Å². The predicted molar refractivity (Wildman–Crippen MR) is 70.7 cm³/mol. The highest BCUT2D eigenvalue weighted by molar-refractivity contribution is 4.97. The number of nitrogens with one attached hydrogen (secondary N) is 2. The second-order valence-corrected chi connectivity index (χ2v) is 5.60. The van der Waals surface area contributed by atoms with Crippen LogP contribution in [0.3, 0.4) is 0 Å². The molecule has 2 rings (SSSR count). The monoisotopic (exact) mass is 235 g/mol. The van der Waals surface area contributed by atoms with Crippen molar-refractivity contribution in [3.63, 3.8) is 0 Å². The molecule has 1 saturated carbocycles. The molecule has 1 aliphatic rings. The number of imidazole rings is 1. The van der Waals surface area contributed by atoms with Crippen molar-refractivity contribution in [2.75, 3.05) is 0 Å². The Morgan fingerprint density at radius 1 is 1.47 bits per heavy atom. The minimum absolute atomic E-state index is 0.378. The van der Waals surface area contributed by atoms with Crippen molar-refractivity contribution in [2.24, 2.45) is 11.8 Å². The molecule has 0 aromatic carbocycles. The number of H-pyrrole nitrogens is 1. The highest BCUT2D eigenvalue weighted by atomic mass is 15.0. The van der Waals surface area contributed by atoms with Crippen LogP contribution in [0.15, 0.2) is 12.4 Å². The Bertz CT molecular complexity index is 320. The first-order valence-electron chi connectivity index (χ1n) is 6.96. The van der Waals surface area contributed by atoms with E-state index in [-0.39, 0.29) is 0 Å². The van der Waals surface area contributed by atoms with Crippen LogP contribution in [0.1, 0.15) is 58.3 Å². The van der Waals surface area contributed by atoms with Gasteiger partial charge >= 0.3 is 0 Å². The number of aromatic nitrogens is 2. The Labute approximate surface area is 104 Å². The van der Waals surface area contributed by atoms with Crippen molar-refractivity contribution in [3.8, 4) is 0 Å². The van der Waals surface area contributed by atoms with Crippen LogP contribution in [0.25, 0.3) is 0 Å². The molecular formula is C14H25N3. The number of rotatable bonds is 4. The molecule has 1 aromatic heterocycles. The van der Waals surface area contributed by atoms with Gasteiger partial charge in [-0.15, -0.1) is 0 Å². The molecule has 0 aliphatic heterocycles. The van der Waals surface area contributed by atoms with Gasteiger partial charge in [0.05, 0.1) is 6.04 Å². The van der Waals surface area contributed by atoms with E-state index in [0.29, 0.717) is 12.1 Å². The Hall–Kier alpha value is -0.830. The summed E-state index contributed by atoms with van der Waals surface area (Å²) in [7, 11) is 0. The summed E-state index contributed by atoms with van der Waals surface area (Å²) in [6.45, 7) is 6.96. The average Bonchev–Trinajstić information content (AvgIpc) is 2.84. The second kappa shape index (κ2) is 5.67. The fourth-order valence-electron chi connectivity index (χ4n) is 2.88. The van der Waals surface area contributed by atoms with Crippen LogP contribution in [0.4, 0.5) is 0 Å². The van der Waals surface area contributed by atoms with E-state index < -0.39 is 0 Å². The lowest BCUT2D eigenvalue weighted by Crippen LogP contribution is -2.41. The number of hydrogen-bond donors (Lipinski definition) is 2. The van der Waals surface area contributed by atoms with Gasteiger partial charge in [0.2, 0.25) is 0 Å². The zero-order chi connectivity index (χ0) is 12.3. The molecule has 0 amide bonds. The smallest absolute Gasteiger partial charge is 0.123 e. The van der Waals surface area contributed by atoms with Gasteiger partial charge in [-0.25, -0.2) is 4.98 Å². The maximum Gasteiger partial charge on any atom is 0.123 e. The minimum Gasteiger partial charge on any atom is -0.347 e. The molecular weight excluding hydrogens is 210 g/mol. The molecule has 0 saturated heterocycles. The van der Waals surface area contributed by atoms with Crippen LogP contribution in [0.5, 0.6) is 0 Å². The van der Waals surface area contributed by atoms with Crippen LogP contribution < -0.4 is 5.32 Å². The molecule has 1 heterocycles. The van der Waals surface area contributed by atoms with Crippen LogP contribution in [0, 0.1) is 11.8 Å². The third-order valence-electron chi connectivity index (χ3n) is 4.13. The molecule has 0 radical (unpaired) electrons. The van der Waals surface area contributed by atoms with Gasteiger partial charge in [-0.2, -0.15) is 0 Å². The van der Waals surface area contributed by atoms with Gasteiger partial charge in [-0.1, -0.05) is 27.2 Å². The molecule has 1 fully saturated rings. The Morgan fingerprint density at radius 2 is 2.29 bits per heavy atom. The third kappa shape index (κ3) is 3.09. The fourth-order valence-corrected chi connectivity index (χ4v) is 2.88. The highest BCUT2D eigenvalue weighted by Crippen LogP contribution is 2.30. The summed E-state index contributed by atoms with van der Waals surface area (Å²) in [5.41, 5.74) is 0. The topological polar surface area (TPSA) is 40.7 Å². The molecule has 3 nitrogen and oxygen atoms in total. The molecule has 4 unspecified atom stereocenters. The van der Waals surface area contributed by atoms with E-state index in [2.05, 4.69) is 36.1 Å². The summed E-state index contributed by atoms with van der Waals surface area (Å²) < 4.78 is 0. The largest absolute Gasteiger partial charge is 0.347 e. The molecule has 3 heteroatoms. The van der Waals surface area contributed by atoms with Crippen LogP contribution in [-0.2, 0) is 0 Å². The summed E-state index contributed by atoms with van der Waals surface area (Å²) in [6.07, 6.45) is 8.88. The quantitative estimate of drug-likeness (QED) is 0.841. The van der Waals surface area contributed by atoms with Gasteiger partial charge < -0.3 is 10.3 Å². The van der Waals surface area contributed by atoms with E-state index >= 15 is 0 Å². The summed E-state index contributed by atoms with van der Waals surface area (Å²) >= 11 is 0. The maximum atomic E-state index is 4.38. The first-order chi connectivity index (χ1) is 8.20. The lowest BCUT2D eigenvalue weighted by atomic mass is 9.79. The van der Waals surface area contributed by atoms with Crippen molar-refractivity contribution in [1.29, 1.82) is 0 Å². The molecule has 4 atom stereocenters. The van der Waals surface area contributed by atoms with Gasteiger partial charge in [0.25, 0.3) is 0 Å². The number of hydrogen-bond acceptors (Lipinski definition) is 2. The Kier molecular flexibility index (Phi) is 4.21. The molecule has 1 aromatic rings. The minimum atomic E-state index is 0.378. The normalized spacial score (nSPS) is 31.4. The molecule has 0 bridgehead atoms. The SMILES string of the molecule is CCC(NC1CC(C)CCC1C)c1ncc[nH]1. The van der Waals surface area contributed by atoms with Crippen LogP contribution in [0.2, 0.25) is 0 Å². The van der Waals surface area contributed by atoms with Crippen LogP contribution in [-0.4, -0.2) is 16.0 Å². The standard InChI is InChI=1S/C14H25N3/c1-4-12(14-15-7-8-16-14)17-13-9-10(2)5-6-11(13)3/h7-8,10-13,17H,4-6,9H2,1-3H3,(H,15,16). The summed E-state index contributed by atoms with van der Waals surface area (Å²) in [4.78, 5) is 7.61. The molecule has 0 spiro atoms. The summed E-state index contributed by atoms with van der Waals surface area (Å²) in [6, 6.07) is 1.02. The van der Waals surface area contributed by atoms with Gasteiger partial charge in [-0.05, 0) is 31.1 Å². The fraction of sp³-hybridized carbons (Fsp3) is 0.786. The maximum absolute atomic E-state index is 4.38. The van der Waals surface area contributed by atoms with Gasteiger partial charge in [0.15, 0.2) is 0 Å². The first-order valence-corrected chi connectivity index (χ1v) is 6.96. The zero-order valence-electron chi connectivity index (χ0n) is 11.2. The van der Waals surface area contributed by atoms with E-state index in [1.54, 1.807) is 0 Å². The van der Waals surface area contributed by atoms with Crippen molar-refractivity contribution in [3.05, 3.63) is 18.2 Å². The van der Waals surface area contributed by atoms with Gasteiger partial charge in [0.1, 0.15) is 5.82 Å². The molecule has 17 heavy (non-hydrogen) atoms. The van der Waals surface area contributed by atoms with Crippen molar-refractivity contribution in [2.45, 2.75) is 58.5 Å². The van der Waals surface area contributed by atoms with Crippen molar-refractivity contribution < 1.29 is 0 Å². The third-order valence-corrected chi connectivity index (χ3v) is 4.13. The number of nitrogens with zero attached hydrogens (tertiary/aromatic N) is 1. The van der Waals surface area contributed by atoms with E-state index in [1.807, 2.05) is 12.4 Å². The number of aromatic amines is 1. The zero-order valence-corrected chi connectivity index (χ0v) is 11.2. The predicted octanol–water partition coefficient (Wildman–Crippen LogP) is 3.28. The van der Waals surface area contributed by atoms with Crippen LogP contribution >= 0.6 is 0 Å². The van der Waals surface area contributed by atoms with E-state index in [0.717, 1.165) is 24.1 Å². The summed E-state index contributed by atoms with van der Waals surface area (Å²) in [5.74, 6) is 2.73. The van der Waals surface area contributed by atoms with Gasteiger partial charge in [0, 0.05) is 18.4 Å². The Morgan fingerprint density at radius 3 is 2.94 bits per heavy atom.